The maximum Gasteiger partial charge on any atom is 0.105 e. The molecule has 2 aromatic rings. The summed E-state index contributed by atoms with van der Waals surface area (Å²) >= 11 is 9.60. The second-order valence-corrected chi connectivity index (χ2v) is 6.15. The van der Waals surface area contributed by atoms with Crippen LogP contribution in [0, 0.1) is 20.8 Å². The van der Waals surface area contributed by atoms with Gasteiger partial charge in [-0.2, -0.15) is 0 Å². The molecule has 0 aliphatic rings. The first-order chi connectivity index (χ1) is 8.90. The summed E-state index contributed by atoms with van der Waals surface area (Å²) in [5.74, 6) is 0. The van der Waals surface area contributed by atoms with Crippen molar-refractivity contribution in [2.24, 2.45) is 0 Å². The first-order valence-electron chi connectivity index (χ1n) is 6.11. The van der Waals surface area contributed by atoms with Crippen LogP contribution in [0.4, 0.5) is 0 Å². The Morgan fingerprint density at radius 3 is 2.37 bits per heavy atom. The summed E-state index contributed by atoms with van der Waals surface area (Å²) in [7, 11) is 0. The lowest BCUT2D eigenvalue weighted by atomic mass is 9.95. The van der Waals surface area contributed by atoms with E-state index in [0.29, 0.717) is 0 Å². The van der Waals surface area contributed by atoms with Gasteiger partial charge in [0.25, 0.3) is 0 Å². The van der Waals surface area contributed by atoms with Gasteiger partial charge in [-0.1, -0.05) is 51.3 Å². The van der Waals surface area contributed by atoms with E-state index >= 15 is 0 Å². The van der Waals surface area contributed by atoms with E-state index in [4.69, 9.17) is 11.6 Å². The number of benzene rings is 2. The first-order valence-corrected chi connectivity index (χ1v) is 7.28. The Hall–Kier alpha value is -0.830. The number of hydrogen-bond acceptors (Lipinski definition) is 1. The summed E-state index contributed by atoms with van der Waals surface area (Å²) in [6, 6.07) is 9.83. The number of hydrogen-bond donors (Lipinski definition) is 1. The molecule has 0 aromatic heterocycles. The zero-order valence-electron chi connectivity index (χ0n) is 11.2. The maximum atomic E-state index is 10.6. The third-order valence-electron chi connectivity index (χ3n) is 3.29. The average Bonchev–Trinajstić information content (AvgIpc) is 2.36. The molecule has 1 nitrogen and oxygen atoms in total. The summed E-state index contributed by atoms with van der Waals surface area (Å²) in [6.45, 7) is 5.93. The van der Waals surface area contributed by atoms with E-state index in [0.717, 1.165) is 37.3 Å². The highest BCUT2D eigenvalue weighted by molar-refractivity contribution is 9.10. The van der Waals surface area contributed by atoms with E-state index < -0.39 is 6.10 Å². The number of aliphatic hydroxyl groups excluding tert-OH is 1. The number of halogens is 2. The predicted molar refractivity (Wildman–Crippen MR) is 83.9 cm³/mol. The minimum absolute atomic E-state index is 0.648. The lowest BCUT2D eigenvalue weighted by molar-refractivity contribution is 0.218. The monoisotopic (exact) mass is 338 g/mol. The molecule has 0 saturated carbocycles. The molecule has 100 valence electrons. The highest BCUT2D eigenvalue weighted by Crippen LogP contribution is 2.33. The quantitative estimate of drug-likeness (QED) is 0.806. The smallest absolute Gasteiger partial charge is 0.105 e. The van der Waals surface area contributed by atoms with Crippen LogP contribution in [-0.4, -0.2) is 5.11 Å². The summed E-state index contributed by atoms with van der Waals surface area (Å²) in [6.07, 6.45) is -0.648. The Kier molecular flexibility index (Phi) is 4.34. The molecule has 2 rings (SSSR count). The van der Waals surface area contributed by atoms with Crippen LogP contribution >= 0.6 is 27.5 Å². The molecule has 0 bridgehead atoms. The minimum atomic E-state index is -0.648. The van der Waals surface area contributed by atoms with Gasteiger partial charge >= 0.3 is 0 Å². The van der Waals surface area contributed by atoms with Crippen molar-refractivity contribution in [3.05, 3.63) is 67.6 Å². The normalized spacial score (nSPS) is 12.5. The van der Waals surface area contributed by atoms with Gasteiger partial charge in [0, 0.05) is 9.50 Å². The van der Waals surface area contributed by atoms with Crippen LogP contribution in [0.2, 0.25) is 5.02 Å². The lowest BCUT2D eigenvalue weighted by Crippen LogP contribution is -2.04. The van der Waals surface area contributed by atoms with Gasteiger partial charge in [-0.3, -0.25) is 0 Å². The average molecular weight is 340 g/mol. The van der Waals surface area contributed by atoms with Crippen LogP contribution in [0.15, 0.2) is 34.8 Å². The highest BCUT2D eigenvalue weighted by Gasteiger charge is 2.17. The molecule has 1 unspecified atom stereocenters. The van der Waals surface area contributed by atoms with Gasteiger partial charge in [0.05, 0.1) is 0 Å². The van der Waals surface area contributed by atoms with E-state index in [1.165, 1.54) is 0 Å². The van der Waals surface area contributed by atoms with Crippen molar-refractivity contribution in [1.29, 1.82) is 0 Å². The van der Waals surface area contributed by atoms with Crippen LogP contribution < -0.4 is 0 Å². The van der Waals surface area contributed by atoms with Gasteiger partial charge in [0.1, 0.15) is 6.10 Å². The predicted octanol–water partition coefficient (Wildman–Crippen LogP) is 5.11. The summed E-state index contributed by atoms with van der Waals surface area (Å²) in [5.41, 5.74) is 4.88. The molecule has 1 N–H and O–H groups in total. The van der Waals surface area contributed by atoms with E-state index in [2.05, 4.69) is 15.9 Å². The topological polar surface area (TPSA) is 20.2 Å². The van der Waals surface area contributed by atoms with Crippen molar-refractivity contribution in [2.75, 3.05) is 0 Å². The largest absolute Gasteiger partial charge is 0.384 e. The SMILES string of the molecule is Cc1ccc(Br)c(C(O)c2cc(C)c(Cl)cc2C)c1. The van der Waals surface area contributed by atoms with Crippen molar-refractivity contribution in [1.82, 2.24) is 0 Å². The Labute approximate surface area is 127 Å². The molecule has 0 heterocycles. The molecular formula is C16H16BrClO. The Morgan fingerprint density at radius 1 is 1.00 bits per heavy atom. The number of aryl methyl sites for hydroxylation is 3. The molecule has 3 heteroatoms. The molecule has 0 fully saturated rings. The van der Waals surface area contributed by atoms with E-state index in [-0.39, 0.29) is 0 Å². The fourth-order valence-corrected chi connectivity index (χ4v) is 2.82. The summed E-state index contributed by atoms with van der Waals surface area (Å²) in [4.78, 5) is 0. The second-order valence-electron chi connectivity index (χ2n) is 4.89. The number of rotatable bonds is 2. The van der Waals surface area contributed by atoms with Gasteiger partial charge < -0.3 is 5.11 Å². The molecule has 0 amide bonds. The Morgan fingerprint density at radius 2 is 1.68 bits per heavy atom. The van der Waals surface area contributed by atoms with Crippen molar-refractivity contribution in [3.63, 3.8) is 0 Å². The third-order valence-corrected chi connectivity index (χ3v) is 4.42. The van der Waals surface area contributed by atoms with Gasteiger partial charge in [-0.05, 0) is 55.2 Å². The van der Waals surface area contributed by atoms with Gasteiger partial charge in [0.2, 0.25) is 0 Å². The summed E-state index contributed by atoms with van der Waals surface area (Å²) in [5, 5.41) is 11.4. The maximum absolute atomic E-state index is 10.6. The minimum Gasteiger partial charge on any atom is -0.384 e. The fourth-order valence-electron chi connectivity index (χ4n) is 2.14. The van der Waals surface area contributed by atoms with E-state index in [9.17, 15) is 5.11 Å². The standard InChI is InChI=1S/C16H16BrClO/c1-9-4-5-14(17)13(6-9)16(19)12-7-11(3)15(18)8-10(12)2/h4-8,16,19H,1-3H3. The zero-order chi connectivity index (χ0) is 14.2. The van der Waals surface area contributed by atoms with Crippen LogP contribution in [0.3, 0.4) is 0 Å². The molecule has 0 radical (unpaired) electrons. The molecular weight excluding hydrogens is 324 g/mol. The molecule has 0 saturated heterocycles. The van der Waals surface area contributed by atoms with Crippen LogP contribution in [0.25, 0.3) is 0 Å². The van der Waals surface area contributed by atoms with Crippen LogP contribution in [0.5, 0.6) is 0 Å². The van der Waals surface area contributed by atoms with Gasteiger partial charge in [0.15, 0.2) is 0 Å². The number of aliphatic hydroxyl groups is 1. The van der Waals surface area contributed by atoms with Crippen LogP contribution in [-0.2, 0) is 0 Å². The fraction of sp³-hybridized carbons (Fsp3) is 0.250. The molecule has 2 aromatic carbocycles. The first kappa shape index (κ1) is 14.6. The van der Waals surface area contributed by atoms with Crippen molar-refractivity contribution in [3.8, 4) is 0 Å². The zero-order valence-corrected chi connectivity index (χ0v) is 13.5. The second kappa shape index (κ2) is 5.66. The molecule has 1 atom stereocenters. The van der Waals surface area contributed by atoms with Gasteiger partial charge in [-0.25, -0.2) is 0 Å². The van der Waals surface area contributed by atoms with E-state index in [1.54, 1.807) is 0 Å². The Bertz CT molecular complexity index is 622. The van der Waals surface area contributed by atoms with Crippen LogP contribution in [0.1, 0.15) is 33.9 Å². The van der Waals surface area contributed by atoms with Crippen molar-refractivity contribution < 1.29 is 5.11 Å². The third kappa shape index (κ3) is 3.02. The van der Waals surface area contributed by atoms with Crippen molar-refractivity contribution in [2.45, 2.75) is 26.9 Å². The summed E-state index contributed by atoms with van der Waals surface area (Å²) < 4.78 is 0.914. The van der Waals surface area contributed by atoms with Crippen molar-refractivity contribution >= 4 is 27.5 Å². The molecule has 0 aliphatic heterocycles. The molecule has 0 spiro atoms. The Balaban J connectivity index is 2.52. The highest BCUT2D eigenvalue weighted by atomic mass is 79.9. The molecule has 19 heavy (non-hydrogen) atoms. The van der Waals surface area contributed by atoms with E-state index in [1.807, 2.05) is 51.1 Å². The molecule has 0 aliphatic carbocycles. The lowest BCUT2D eigenvalue weighted by Gasteiger charge is -2.17. The van der Waals surface area contributed by atoms with Gasteiger partial charge in [-0.15, -0.1) is 0 Å².